The molecule has 3 heteroatoms. The van der Waals surface area contributed by atoms with Crippen molar-refractivity contribution in [3.63, 3.8) is 0 Å². The van der Waals surface area contributed by atoms with Gasteiger partial charge in [-0.1, -0.05) is 19.9 Å². The monoisotopic (exact) mass is 195 g/mol. The molecule has 0 saturated heterocycles. The van der Waals surface area contributed by atoms with Gasteiger partial charge in [-0.2, -0.15) is 4.37 Å². The van der Waals surface area contributed by atoms with Crippen LogP contribution in [0.2, 0.25) is 0 Å². The van der Waals surface area contributed by atoms with Crippen LogP contribution in [0.1, 0.15) is 34.8 Å². The van der Waals surface area contributed by atoms with Crippen molar-refractivity contribution in [2.75, 3.05) is 0 Å². The maximum atomic E-state index is 11.2. The van der Waals surface area contributed by atoms with Crippen LogP contribution in [0, 0.1) is 6.92 Å². The van der Waals surface area contributed by atoms with E-state index in [1.165, 1.54) is 11.5 Å². The summed E-state index contributed by atoms with van der Waals surface area (Å²) >= 11 is 1.43. The Hall–Kier alpha value is -0.960. The van der Waals surface area contributed by atoms with E-state index >= 15 is 0 Å². The summed E-state index contributed by atoms with van der Waals surface area (Å²) in [5, 5.41) is 0. The van der Waals surface area contributed by atoms with Crippen LogP contribution in [0.25, 0.3) is 0 Å². The lowest BCUT2D eigenvalue weighted by Crippen LogP contribution is -2.03. The summed E-state index contributed by atoms with van der Waals surface area (Å²) in [6, 6.07) is 0. The minimum atomic E-state index is 0.109. The normalized spacial score (nSPS) is 13.3. The van der Waals surface area contributed by atoms with Gasteiger partial charge in [-0.15, -0.1) is 0 Å². The number of nitrogens with zero attached hydrogens (tertiary/aromatic N) is 1. The third-order valence-corrected chi connectivity index (χ3v) is 2.71. The van der Waals surface area contributed by atoms with Crippen molar-refractivity contribution in [2.24, 2.45) is 0 Å². The van der Waals surface area contributed by atoms with E-state index < -0.39 is 0 Å². The number of rotatable bonds is 0. The van der Waals surface area contributed by atoms with E-state index in [2.05, 4.69) is 4.37 Å². The van der Waals surface area contributed by atoms with E-state index in [0.717, 1.165) is 22.6 Å². The molecule has 0 amide bonds. The van der Waals surface area contributed by atoms with Gasteiger partial charge < -0.3 is 0 Å². The number of hydrogen-bond acceptors (Lipinski definition) is 3. The number of aromatic nitrogens is 1. The van der Waals surface area contributed by atoms with Crippen molar-refractivity contribution < 1.29 is 4.79 Å². The SMILES string of the molecule is CC.Cc1nsc2c1C(=O)C=CC2. The third-order valence-electron chi connectivity index (χ3n) is 1.75. The smallest absolute Gasteiger partial charge is 0.188 e. The zero-order valence-corrected chi connectivity index (χ0v) is 8.94. The fourth-order valence-electron chi connectivity index (χ4n) is 1.23. The fraction of sp³-hybridized carbons (Fsp3) is 0.400. The highest BCUT2D eigenvalue weighted by Crippen LogP contribution is 2.23. The molecule has 0 aromatic carbocycles. The standard InChI is InChI=1S/C8H7NOS.C2H6/c1-5-8-6(10)3-2-4-7(8)11-9-5;1-2/h2-3H,4H2,1H3;1-2H3. The number of fused-ring (bicyclic) bond motifs is 1. The van der Waals surface area contributed by atoms with Crippen molar-refractivity contribution in [1.29, 1.82) is 0 Å². The molecule has 0 atom stereocenters. The third kappa shape index (κ3) is 1.86. The molecule has 0 aliphatic heterocycles. The predicted octanol–water partition coefficient (Wildman–Crippen LogP) is 2.77. The lowest BCUT2D eigenvalue weighted by molar-refractivity contribution is 0.104. The van der Waals surface area contributed by atoms with E-state index in [1.807, 2.05) is 26.8 Å². The van der Waals surface area contributed by atoms with Crippen LogP contribution >= 0.6 is 11.5 Å². The Labute approximate surface area is 82.5 Å². The number of carbonyl (C=O) groups is 1. The van der Waals surface area contributed by atoms with Crippen LogP contribution in [0.15, 0.2) is 12.2 Å². The van der Waals surface area contributed by atoms with Gasteiger partial charge in [0.15, 0.2) is 5.78 Å². The molecular formula is C10H13NOS. The highest BCUT2D eigenvalue weighted by molar-refractivity contribution is 7.06. The van der Waals surface area contributed by atoms with Gasteiger partial charge >= 0.3 is 0 Å². The summed E-state index contributed by atoms with van der Waals surface area (Å²) in [7, 11) is 0. The summed E-state index contributed by atoms with van der Waals surface area (Å²) in [5.41, 5.74) is 1.71. The predicted molar refractivity (Wildman–Crippen MR) is 55.4 cm³/mol. The van der Waals surface area contributed by atoms with Crippen molar-refractivity contribution in [2.45, 2.75) is 27.2 Å². The zero-order chi connectivity index (χ0) is 9.84. The maximum absolute atomic E-state index is 11.2. The fourth-order valence-corrected chi connectivity index (χ4v) is 2.08. The van der Waals surface area contributed by atoms with E-state index in [1.54, 1.807) is 6.08 Å². The molecule has 2 rings (SSSR count). The lowest BCUT2D eigenvalue weighted by Gasteiger charge is -2.01. The molecule has 0 N–H and O–H groups in total. The molecule has 0 radical (unpaired) electrons. The summed E-state index contributed by atoms with van der Waals surface area (Å²) in [4.78, 5) is 12.4. The molecule has 0 spiro atoms. The average molecular weight is 195 g/mol. The van der Waals surface area contributed by atoms with Crippen LogP contribution in [-0.4, -0.2) is 10.2 Å². The topological polar surface area (TPSA) is 30.0 Å². The number of allylic oxidation sites excluding steroid dienone is 2. The molecule has 1 aromatic heterocycles. The van der Waals surface area contributed by atoms with Gasteiger partial charge in [-0.05, 0) is 24.5 Å². The summed E-state index contributed by atoms with van der Waals surface area (Å²) in [6.45, 7) is 5.88. The van der Waals surface area contributed by atoms with Gasteiger partial charge in [0, 0.05) is 11.3 Å². The molecule has 2 nitrogen and oxygen atoms in total. The Bertz CT molecular complexity index is 339. The van der Waals surface area contributed by atoms with Gasteiger partial charge in [0.05, 0.1) is 11.3 Å². The molecule has 1 aliphatic carbocycles. The quantitative estimate of drug-likeness (QED) is 0.637. The molecule has 13 heavy (non-hydrogen) atoms. The Morgan fingerprint density at radius 1 is 1.46 bits per heavy atom. The molecule has 0 bridgehead atoms. The largest absolute Gasteiger partial charge is 0.289 e. The first-order chi connectivity index (χ1) is 6.29. The summed E-state index contributed by atoms with van der Waals surface area (Å²) < 4.78 is 4.13. The van der Waals surface area contributed by atoms with Crippen LogP contribution in [0.5, 0.6) is 0 Å². The van der Waals surface area contributed by atoms with Crippen molar-refractivity contribution in [3.8, 4) is 0 Å². The Balaban J connectivity index is 0.000000396. The number of aryl methyl sites for hydroxylation is 1. The van der Waals surface area contributed by atoms with Gasteiger partial charge in [0.2, 0.25) is 0 Å². The second-order valence-electron chi connectivity index (χ2n) is 2.54. The second kappa shape index (κ2) is 4.33. The number of hydrogen-bond donors (Lipinski definition) is 0. The molecular weight excluding hydrogens is 182 g/mol. The van der Waals surface area contributed by atoms with Crippen molar-refractivity contribution in [1.82, 2.24) is 4.37 Å². The molecule has 0 unspecified atom stereocenters. The number of ketones is 1. The van der Waals surface area contributed by atoms with Crippen LogP contribution < -0.4 is 0 Å². The first-order valence-corrected chi connectivity index (χ1v) is 5.22. The zero-order valence-electron chi connectivity index (χ0n) is 8.13. The minimum absolute atomic E-state index is 0.109. The minimum Gasteiger partial charge on any atom is -0.289 e. The van der Waals surface area contributed by atoms with Gasteiger partial charge in [0.25, 0.3) is 0 Å². The molecule has 0 saturated carbocycles. The van der Waals surface area contributed by atoms with E-state index in [4.69, 9.17) is 0 Å². The second-order valence-corrected chi connectivity index (χ2v) is 3.39. The van der Waals surface area contributed by atoms with E-state index in [-0.39, 0.29) is 5.78 Å². The van der Waals surface area contributed by atoms with Crippen molar-refractivity contribution >= 4 is 17.3 Å². The average Bonchev–Trinajstić information content (AvgIpc) is 2.53. The maximum Gasteiger partial charge on any atom is 0.188 e. The van der Waals surface area contributed by atoms with Crippen LogP contribution in [-0.2, 0) is 6.42 Å². The highest BCUT2D eigenvalue weighted by Gasteiger charge is 2.17. The van der Waals surface area contributed by atoms with E-state index in [0.29, 0.717) is 0 Å². The Morgan fingerprint density at radius 2 is 2.15 bits per heavy atom. The van der Waals surface area contributed by atoms with Crippen molar-refractivity contribution in [3.05, 3.63) is 28.3 Å². The molecule has 70 valence electrons. The van der Waals surface area contributed by atoms with Gasteiger partial charge in [-0.25, -0.2) is 0 Å². The van der Waals surface area contributed by atoms with Gasteiger partial charge in [-0.3, -0.25) is 4.79 Å². The van der Waals surface area contributed by atoms with Crippen LogP contribution in [0.4, 0.5) is 0 Å². The Kier molecular flexibility index (Phi) is 3.37. The van der Waals surface area contributed by atoms with E-state index in [9.17, 15) is 4.79 Å². The number of carbonyl (C=O) groups excluding carboxylic acids is 1. The first kappa shape index (κ1) is 10.1. The Morgan fingerprint density at radius 3 is 2.77 bits per heavy atom. The van der Waals surface area contributed by atoms with Gasteiger partial charge in [0.1, 0.15) is 0 Å². The molecule has 0 fully saturated rings. The molecule has 1 heterocycles. The van der Waals surface area contributed by atoms with Crippen LogP contribution in [0.3, 0.4) is 0 Å². The lowest BCUT2D eigenvalue weighted by atomic mass is 10.0. The summed E-state index contributed by atoms with van der Waals surface area (Å²) in [5.74, 6) is 0.109. The molecule has 1 aromatic rings. The summed E-state index contributed by atoms with van der Waals surface area (Å²) in [6.07, 6.45) is 4.39. The first-order valence-electron chi connectivity index (χ1n) is 4.45. The molecule has 1 aliphatic rings. The highest BCUT2D eigenvalue weighted by atomic mass is 32.1.